The van der Waals surface area contributed by atoms with Crippen molar-refractivity contribution in [3.63, 3.8) is 0 Å². The van der Waals surface area contributed by atoms with Crippen LogP contribution in [0.15, 0.2) is 49.0 Å². The van der Waals surface area contributed by atoms with Crippen molar-refractivity contribution in [1.29, 1.82) is 5.26 Å². The molecule has 2 heterocycles. The molecule has 35 heavy (non-hydrogen) atoms. The predicted molar refractivity (Wildman–Crippen MR) is 138 cm³/mol. The fourth-order valence-corrected chi connectivity index (χ4v) is 4.84. The Morgan fingerprint density at radius 1 is 1.14 bits per heavy atom. The molecule has 2 aliphatic heterocycles. The first-order chi connectivity index (χ1) is 16.9. The molecule has 2 saturated heterocycles. The number of aryl methyl sites for hydroxylation is 1. The zero-order valence-corrected chi connectivity index (χ0v) is 20.3. The molecule has 0 spiro atoms. The zero-order chi connectivity index (χ0) is 24.8. The number of urea groups is 1. The summed E-state index contributed by atoms with van der Waals surface area (Å²) in [5, 5.41) is 14.8. The van der Waals surface area contributed by atoms with Crippen LogP contribution in [0, 0.1) is 18.3 Å². The number of hydrogen-bond acceptors (Lipinski definition) is 4. The third-order valence-corrected chi connectivity index (χ3v) is 7.05. The summed E-state index contributed by atoms with van der Waals surface area (Å²) < 4.78 is 0. The van der Waals surface area contributed by atoms with E-state index in [2.05, 4.69) is 40.3 Å². The first kappa shape index (κ1) is 24.3. The van der Waals surface area contributed by atoms with E-state index in [4.69, 9.17) is 5.26 Å². The summed E-state index contributed by atoms with van der Waals surface area (Å²) in [6.07, 6.45) is 3.57. The van der Waals surface area contributed by atoms with Crippen molar-refractivity contribution in [2.45, 2.75) is 38.5 Å². The largest absolute Gasteiger partial charge is 0.371 e. The summed E-state index contributed by atoms with van der Waals surface area (Å²) >= 11 is 0. The third-order valence-electron chi connectivity index (χ3n) is 7.05. The Kier molecular flexibility index (Phi) is 7.71. The minimum Gasteiger partial charge on any atom is -0.371 e. The summed E-state index contributed by atoms with van der Waals surface area (Å²) in [5.41, 5.74) is 5.66. The maximum absolute atomic E-state index is 12.4. The molecule has 0 unspecified atom stereocenters. The Bertz CT molecular complexity index is 1130. The molecular weight excluding hydrogens is 438 g/mol. The second-order valence-corrected chi connectivity index (χ2v) is 9.34. The number of likely N-dealkylation sites (tertiary alicyclic amines) is 2. The van der Waals surface area contributed by atoms with Crippen molar-refractivity contribution in [2.24, 2.45) is 0 Å². The van der Waals surface area contributed by atoms with Crippen LogP contribution >= 0.6 is 0 Å². The quantitative estimate of drug-likeness (QED) is 0.624. The summed E-state index contributed by atoms with van der Waals surface area (Å²) in [5.74, 6) is 0.650. The Morgan fingerprint density at radius 2 is 1.89 bits per heavy atom. The van der Waals surface area contributed by atoms with E-state index in [1.54, 1.807) is 4.90 Å². The van der Waals surface area contributed by atoms with Crippen LogP contribution < -0.4 is 10.6 Å². The molecule has 2 aromatic rings. The van der Waals surface area contributed by atoms with Gasteiger partial charge in [0.05, 0.1) is 11.6 Å². The third kappa shape index (κ3) is 6.02. The molecule has 0 radical (unpaired) electrons. The lowest BCUT2D eigenvalue weighted by molar-refractivity contribution is -0.127. The molecule has 7 heteroatoms. The molecule has 0 saturated carbocycles. The first-order valence-electron chi connectivity index (χ1n) is 12.3. The van der Waals surface area contributed by atoms with E-state index in [9.17, 15) is 9.59 Å². The van der Waals surface area contributed by atoms with Gasteiger partial charge in [-0.2, -0.15) is 5.26 Å². The van der Waals surface area contributed by atoms with Crippen LogP contribution in [0.4, 0.5) is 10.5 Å². The topological polar surface area (TPSA) is 88.5 Å². The van der Waals surface area contributed by atoms with Gasteiger partial charge in [0, 0.05) is 50.5 Å². The molecule has 7 nitrogen and oxygen atoms in total. The summed E-state index contributed by atoms with van der Waals surface area (Å²) in [4.78, 5) is 28.2. The number of rotatable bonds is 7. The molecule has 2 aromatic carbocycles. The Labute approximate surface area is 207 Å². The minimum atomic E-state index is -0.272. The van der Waals surface area contributed by atoms with Crippen molar-refractivity contribution >= 4 is 23.3 Å². The summed E-state index contributed by atoms with van der Waals surface area (Å²) in [6, 6.07) is 15.9. The van der Waals surface area contributed by atoms with Crippen LogP contribution in [0.1, 0.15) is 53.9 Å². The van der Waals surface area contributed by atoms with E-state index in [1.165, 1.54) is 5.56 Å². The molecule has 182 valence electrons. The van der Waals surface area contributed by atoms with Gasteiger partial charge in [0.15, 0.2) is 0 Å². The second-order valence-electron chi connectivity index (χ2n) is 9.34. The number of nitrogens with zero attached hydrogens (tertiary/aromatic N) is 3. The first-order valence-corrected chi connectivity index (χ1v) is 12.3. The fourth-order valence-electron chi connectivity index (χ4n) is 4.84. The van der Waals surface area contributed by atoms with Crippen LogP contribution in [-0.2, 0) is 4.79 Å². The Hall–Kier alpha value is -3.79. The standard InChI is InChI=1S/C28H33N5O2/c1-20-5-8-25(18-26(20)31-28(35)30-13-17-33-14-3-4-27(33)34)21(2)32-15-11-24(12-16-32)23-9-6-22(19-29)7-10-23/h5-10,18,24H,2-4,11-17H2,1H3,(H2,30,31,35). The highest BCUT2D eigenvalue weighted by molar-refractivity contribution is 5.90. The van der Waals surface area contributed by atoms with E-state index >= 15 is 0 Å². The van der Waals surface area contributed by atoms with Crippen molar-refractivity contribution in [3.05, 3.63) is 71.3 Å². The Morgan fingerprint density at radius 3 is 2.54 bits per heavy atom. The molecule has 0 aromatic heterocycles. The number of piperidine rings is 1. The minimum absolute atomic E-state index is 0.162. The lowest BCUT2D eigenvalue weighted by Gasteiger charge is -2.35. The molecule has 3 amide bonds. The van der Waals surface area contributed by atoms with Crippen LogP contribution in [-0.4, -0.2) is 54.5 Å². The molecule has 2 aliphatic rings. The second kappa shape index (κ2) is 11.1. The van der Waals surface area contributed by atoms with Crippen molar-refractivity contribution in [2.75, 3.05) is 38.0 Å². The van der Waals surface area contributed by atoms with Gasteiger partial charge in [-0.05, 0) is 67.0 Å². The van der Waals surface area contributed by atoms with Gasteiger partial charge in [0.1, 0.15) is 0 Å². The van der Waals surface area contributed by atoms with E-state index in [0.29, 0.717) is 31.0 Å². The summed E-state index contributed by atoms with van der Waals surface area (Å²) in [6.45, 7) is 9.88. The average molecular weight is 472 g/mol. The van der Waals surface area contributed by atoms with Gasteiger partial charge in [-0.3, -0.25) is 4.79 Å². The number of carbonyl (C=O) groups excluding carboxylic acids is 2. The lowest BCUT2D eigenvalue weighted by Crippen LogP contribution is -2.37. The van der Waals surface area contributed by atoms with E-state index < -0.39 is 0 Å². The molecule has 2 fully saturated rings. The van der Waals surface area contributed by atoms with Crippen molar-refractivity contribution in [1.82, 2.24) is 15.1 Å². The number of hydrogen-bond donors (Lipinski definition) is 2. The molecule has 4 rings (SSSR count). The number of carbonyl (C=O) groups is 2. The van der Waals surface area contributed by atoms with Gasteiger partial charge in [-0.1, -0.05) is 30.8 Å². The molecule has 0 bridgehead atoms. The normalized spacial score (nSPS) is 16.2. The van der Waals surface area contributed by atoms with Crippen LogP contribution in [0.5, 0.6) is 0 Å². The van der Waals surface area contributed by atoms with Crippen molar-refractivity contribution in [3.8, 4) is 6.07 Å². The monoisotopic (exact) mass is 471 g/mol. The zero-order valence-electron chi connectivity index (χ0n) is 20.3. The lowest BCUT2D eigenvalue weighted by atomic mass is 9.88. The molecule has 2 N–H and O–H groups in total. The van der Waals surface area contributed by atoms with Gasteiger partial charge in [0.25, 0.3) is 0 Å². The molecular formula is C28H33N5O2. The highest BCUT2D eigenvalue weighted by Gasteiger charge is 2.23. The smallest absolute Gasteiger partial charge is 0.319 e. The Balaban J connectivity index is 1.30. The maximum atomic E-state index is 12.4. The maximum Gasteiger partial charge on any atom is 0.319 e. The average Bonchev–Trinajstić information content (AvgIpc) is 3.29. The van der Waals surface area contributed by atoms with Gasteiger partial charge < -0.3 is 20.4 Å². The number of amides is 3. The number of benzene rings is 2. The predicted octanol–water partition coefficient (Wildman–Crippen LogP) is 4.46. The van der Waals surface area contributed by atoms with Gasteiger partial charge in [-0.25, -0.2) is 4.79 Å². The number of nitrogens with one attached hydrogen (secondary N) is 2. The highest BCUT2D eigenvalue weighted by atomic mass is 16.2. The van der Waals surface area contributed by atoms with Gasteiger partial charge in [0.2, 0.25) is 5.91 Å². The molecule has 0 atom stereocenters. The fraction of sp³-hybridized carbons (Fsp3) is 0.393. The van der Waals surface area contributed by atoms with Gasteiger partial charge >= 0.3 is 6.03 Å². The van der Waals surface area contributed by atoms with Crippen molar-refractivity contribution < 1.29 is 9.59 Å². The van der Waals surface area contributed by atoms with Crippen LogP contribution in [0.2, 0.25) is 0 Å². The van der Waals surface area contributed by atoms with E-state index in [1.807, 2.05) is 37.3 Å². The SMILES string of the molecule is C=C(c1ccc(C)c(NC(=O)NCCN2CCCC2=O)c1)N1CCC(c2ccc(C#N)cc2)CC1. The van der Waals surface area contributed by atoms with Crippen LogP contribution in [0.25, 0.3) is 5.70 Å². The summed E-state index contributed by atoms with van der Waals surface area (Å²) in [7, 11) is 0. The van der Waals surface area contributed by atoms with E-state index in [0.717, 1.165) is 61.4 Å². The van der Waals surface area contributed by atoms with Crippen LogP contribution in [0.3, 0.4) is 0 Å². The van der Waals surface area contributed by atoms with Gasteiger partial charge in [-0.15, -0.1) is 0 Å². The number of anilines is 1. The molecule has 0 aliphatic carbocycles. The highest BCUT2D eigenvalue weighted by Crippen LogP contribution is 2.32. The van der Waals surface area contributed by atoms with E-state index in [-0.39, 0.29) is 11.9 Å². The number of nitriles is 1.